The summed E-state index contributed by atoms with van der Waals surface area (Å²) in [5.41, 5.74) is 0.0692. The van der Waals surface area contributed by atoms with Gasteiger partial charge in [0.1, 0.15) is 10.9 Å². The number of methoxy groups -OCH3 is 1. The number of carbonyl (C=O) groups is 1. The summed E-state index contributed by atoms with van der Waals surface area (Å²) >= 11 is 0. The summed E-state index contributed by atoms with van der Waals surface area (Å²) in [5.74, 6) is -0.227. The second kappa shape index (κ2) is 6.49. The number of fused-ring (bicyclic) bond motifs is 1. The molecule has 8 nitrogen and oxygen atoms in total. The minimum absolute atomic E-state index is 0.0843. The van der Waals surface area contributed by atoms with Crippen LogP contribution in [0, 0.1) is 34.4 Å². The molecule has 3 aromatic heterocycles. The molecule has 1 aliphatic carbocycles. The third-order valence-electron chi connectivity index (χ3n) is 6.18. The first kappa shape index (κ1) is 18.5. The number of ether oxygens (including phenoxy) is 1. The molecule has 2 atom stereocenters. The van der Waals surface area contributed by atoms with E-state index in [1.54, 1.807) is 27.9 Å². The summed E-state index contributed by atoms with van der Waals surface area (Å²) in [6.07, 6.45) is 6.03. The normalized spacial score (nSPS) is 23.7. The molecule has 1 saturated heterocycles. The van der Waals surface area contributed by atoms with Gasteiger partial charge >= 0.3 is 0 Å². The maximum absolute atomic E-state index is 14.5. The molecule has 5 rings (SSSR count). The standard InChI is InChI=1S/C21H19FN6O2/c1-12-9-27(20(29)21(12,11-23)13-3-4-13)19-17-5-6-25-28(17)10-16(26-19)14-7-18(30-2)24-8-15(14)22/h5-8,10,12-13H,3-4,9H2,1-2H3/t12-,21+/m1/s1. The van der Waals surface area contributed by atoms with E-state index in [4.69, 9.17) is 4.74 Å². The number of aromatic nitrogens is 4. The molecule has 0 spiro atoms. The first-order chi connectivity index (χ1) is 14.5. The molecule has 1 amide bonds. The second-order valence-electron chi connectivity index (χ2n) is 7.89. The number of nitriles is 1. The van der Waals surface area contributed by atoms with Crippen molar-refractivity contribution in [1.29, 1.82) is 5.26 Å². The van der Waals surface area contributed by atoms with E-state index in [0.717, 1.165) is 19.0 Å². The number of halogens is 1. The van der Waals surface area contributed by atoms with Gasteiger partial charge in [-0.2, -0.15) is 10.4 Å². The topological polar surface area (TPSA) is 96.4 Å². The van der Waals surface area contributed by atoms with Crippen LogP contribution in [0.15, 0.2) is 30.7 Å². The lowest BCUT2D eigenvalue weighted by molar-refractivity contribution is -0.124. The fourth-order valence-corrected chi connectivity index (χ4v) is 4.45. The van der Waals surface area contributed by atoms with Crippen LogP contribution < -0.4 is 9.64 Å². The Labute approximate surface area is 171 Å². The lowest BCUT2D eigenvalue weighted by atomic mass is 9.75. The van der Waals surface area contributed by atoms with E-state index in [-0.39, 0.29) is 29.2 Å². The number of carbonyl (C=O) groups excluding carboxylic acids is 1. The van der Waals surface area contributed by atoms with Crippen molar-refractivity contribution in [3.05, 3.63) is 36.5 Å². The first-order valence-electron chi connectivity index (χ1n) is 9.77. The van der Waals surface area contributed by atoms with Crippen LogP contribution >= 0.6 is 0 Å². The van der Waals surface area contributed by atoms with Crippen molar-refractivity contribution in [3.8, 4) is 23.2 Å². The Balaban J connectivity index is 1.67. The summed E-state index contributed by atoms with van der Waals surface area (Å²) < 4.78 is 21.2. The van der Waals surface area contributed by atoms with Crippen LogP contribution in [0.4, 0.5) is 10.2 Å². The van der Waals surface area contributed by atoms with E-state index in [2.05, 4.69) is 21.1 Å². The molecule has 0 bridgehead atoms. The first-order valence-corrected chi connectivity index (χ1v) is 9.77. The van der Waals surface area contributed by atoms with Crippen LogP contribution in [-0.4, -0.2) is 39.1 Å². The fraction of sp³-hybridized carbons (Fsp3) is 0.381. The highest BCUT2D eigenvalue weighted by molar-refractivity contribution is 6.04. The molecular weight excluding hydrogens is 387 g/mol. The third kappa shape index (κ3) is 2.49. The molecule has 1 saturated carbocycles. The number of hydrogen-bond donors (Lipinski definition) is 0. The maximum Gasteiger partial charge on any atom is 0.249 e. The van der Waals surface area contributed by atoms with Gasteiger partial charge in [0.05, 0.1) is 37.5 Å². The Morgan fingerprint density at radius 3 is 2.90 bits per heavy atom. The molecule has 0 N–H and O–H groups in total. The van der Waals surface area contributed by atoms with Gasteiger partial charge in [-0.1, -0.05) is 6.92 Å². The minimum atomic E-state index is -1.03. The van der Waals surface area contributed by atoms with Crippen molar-refractivity contribution in [2.24, 2.45) is 17.3 Å². The predicted molar refractivity (Wildman–Crippen MR) is 105 cm³/mol. The van der Waals surface area contributed by atoms with Gasteiger partial charge in [0.15, 0.2) is 11.6 Å². The van der Waals surface area contributed by atoms with Gasteiger partial charge in [-0.25, -0.2) is 18.9 Å². The zero-order chi connectivity index (χ0) is 21.0. The van der Waals surface area contributed by atoms with E-state index in [0.29, 0.717) is 23.6 Å². The van der Waals surface area contributed by atoms with E-state index < -0.39 is 11.2 Å². The van der Waals surface area contributed by atoms with Gasteiger partial charge in [-0.3, -0.25) is 9.69 Å². The van der Waals surface area contributed by atoms with E-state index in [9.17, 15) is 14.4 Å². The molecule has 3 aromatic rings. The van der Waals surface area contributed by atoms with Gasteiger partial charge in [-0.05, 0) is 24.8 Å². The van der Waals surface area contributed by atoms with Gasteiger partial charge in [0.2, 0.25) is 11.8 Å². The van der Waals surface area contributed by atoms with Crippen molar-refractivity contribution in [2.75, 3.05) is 18.6 Å². The smallest absolute Gasteiger partial charge is 0.249 e. The van der Waals surface area contributed by atoms with Crippen molar-refractivity contribution < 1.29 is 13.9 Å². The quantitative estimate of drug-likeness (QED) is 0.661. The molecule has 1 aliphatic heterocycles. The van der Waals surface area contributed by atoms with Gasteiger partial charge < -0.3 is 4.74 Å². The summed E-state index contributed by atoms with van der Waals surface area (Å²) in [6.45, 7) is 2.31. The van der Waals surface area contributed by atoms with Crippen LogP contribution in [0.5, 0.6) is 5.88 Å². The molecule has 2 aliphatic rings. The summed E-state index contributed by atoms with van der Waals surface area (Å²) in [6, 6.07) is 5.53. The maximum atomic E-state index is 14.5. The zero-order valence-corrected chi connectivity index (χ0v) is 16.5. The highest BCUT2D eigenvalue weighted by Gasteiger charge is 2.61. The number of pyridine rings is 1. The highest BCUT2D eigenvalue weighted by atomic mass is 19.1. The number of hydrogen-bond acceptors (Lipinski definition) is 6. The predicted octanol–water partition coefficient (Wildman–Crippen LogP) is 2.84. The minimum Gasteiger partial charge on any atom is -0.481 e. The number of rotatable bonds is 4. The molecule has 0 radical (unpaired) electrons. The van der Waals surface area contributed by atoms with Crippen molar-refractivity contribution in [1.82, 2.24) is 19.6 Å². The highest BCUT2D eigenvalue weighted by Crippen LogP contribution is 2.54. The van der Waals surface area contributed by atoms with E-state index in [1.807, 2.05) is 6.92 Å². The Morgan fingerprint density at radius 2 is 2.20 bits per heavy atom. The van der Waals surface area contributed by atoms with Crippen molar-refractivity contribution in [2.45, 2.75) is 19.8 Å². The average Bonchev–Trinajstić information content (AvgIpc) is 3.42. The fourth-order valence-electron chi connectivity index (χ4n) is 4.45. The van der Waals surface area contributed by atoms with Crippen LogP contribution in [0.2, 0.25) is 0 Å². The summed E-state index contributed by atoms with van der Waals surface area (Å²) in [7, 11) is 1.45. The largest absolute Gasteiger partial charge is 0.481 e. The Bertz CT molecular complexity index is 1210. The zero-order valence-electron chi connectivity index (χ0n) is 16.5. The second-order valence-corrected chi connectivity index (χ2v) is 7.89. The molecule has 30 heavy (non-hydrogen) atoms. The lowest BCUT2D eigenvalue weighted by Gasteiger charge is -2.23. The Morgan fingerprint density at radius 1 is 1.40 bits per heavy atom. The third-order valence-corrected chi connectivity index (χ3v) is 6.18. The average molecular weight is 406 g/mol. The van der Waals surface area contributed by atoms with Crippen LogP contribution in [0.3, 0.4) is 0 Å². The molecule has 152 valence electrons. The lowest BCUT2D eigenvalue weighted by Crippen LogP contribution is -2.37. The van der Waals surface area contributed by atoms with Crippen LogP contribution in [0.25, 0.3) is 16.8 Å². The van der Waals surface area contributed by atoms with Gasteiger partial charge in [-0.15, -0.1) is 0 Å². The van der Waals surface area contributed by atoms with Crippen LogP contribution in [-0.2, 0) is 4.79 Å². The molecule has 0 aromatic carbocycles. The van der Waals surface area contributed by atoms with Gasteiger partial charge in [0.25, 0.3) is 0 Å². The van der Waals surface area contributed by atoms with E-state index in [1.165, 1.54) is 13.2 Å². The van der Waals surface area contributed by atoms with Gasteiger partial charge in [0, 0.05) is 24.1 Å². The van der Waals surface area contributed by atoms with E-state index >= 15 is 0 Å². The monoisotopic (exact) mass is 406 g/mol. The van der Waals surface area contributed by atoms with Crippen molar-refractivity contribution >= 4 is 17.2 Å². The Kier molecular flexibility index (Phi) is 4.00. The molecule has 9 heteroatoms. The molecule has 0 unspecified atom stereocenters. The number of nitrogens with zero attached hydrogens (tertiary/aromatic N) is 6. The molecule has 2 fully saturated rings. The van der Waals surface area contributed by atoms with Crippen LogP contribution in [0.1, 0.15) is 19.8 Å². The van der Waals surface area contributed by atoms with Crippen molar-refractivity contribution in [3.63, 3.8) is 0 Å². The number of amides is 1. The molecular formula is C21H19FN6O2. The number of anilines is 1. The Hall–Kier alpha value is -3.54. The molecule has 4 heterocycles. The summed E-state index contributed by atoms with van der Waals surface area (Å²) in [5, 5.41) is 14.2. The summed E-state index contributed by atoms with van der Waals surface area (Å²) in [4.78, 5) is 23.5. The SMILES string of the molecule is COc1cc(-c2cn3nccc3c(N3C[C@@H](C)[C@@](C#N)(C4CC4)C3=O)n2)c(F)cn1.